The molecular formula is C32H37N3O5. The molecule has 3 aromatic carbocycles. The summed E-state index contributed by atoms with van der Waals surface area (Å²) in [5.41, 5.74) is 3.77. The Morgan fingerprint density at radius 1 is 1.02 bits per heavy atom. The maximum Gasteiger partial charge on any atom is 0.254 e. The van der Waals surface area contributed by atoms with E-state index in [1.54, 1.807) is 7.11 Å². The maximum atomic E-state index is 14.3. The predicted molar refractivity (Wildman–Crippen MR) is 154 cm³/mol. The molecule has 2 aliphatic rings. The van der Waals surface area contributed by atoms with Gasteiger partial charge in [-0.25, -0.2) is 0 Å². The van der Waals surface area contributed by atoms with Crippen molar-refractivity contribution >= 4 is 17.5 Å². The average molecular weight is 544 g/mol. The molecule has 8 nitrogen and oxygen atoms in total. The standard InChI is InChI=1S/C32H37N3O5/c1-4-40-24-12-10-23(11-13-24)30-29(31(36)33-27-21-22(2)9-14-28(27)38-3)25-7-5-6-8-26(25)32(37)35(30)16-15-34-17-19-39-20-18-34/h5-14,21,29-30H,4,15-20H2,1-3H3,(H,33,36). The molecule has 0 saturated carbocycles. The number of morpholine rings is 1. The van der Waals surface area contributed by atoms with E-state index in [4.69, 9.17) is 14.2 Å². The lowest BCUT2D eigenvalue weighted by Gasteiger charge is -2.43. The summed E-state index contributed by atoms with van der Waals surface area (Å²) in [5.74, 6) is 0.431. The fourth-order valence-electron chi connectivity index (χ4n) is 5.62. The van der Waals surface area contributed by atoms with Gasteiger partial charge >= 0.3 is 0 Å². The van der Waals surface area contributed by atoms with E-state index in [-0.39, 0.29) is 11.8 Å². The number of carbonyl (C=O) groups is 2. The van der Waals surface area contributed by atoms with Crippen LogP contribution >= 0.6 is 0 Å². The van der Waals surface area contributed by atoms with Crippen molar-refractivity contribution in [1.82, 2.24) is 9.80 Å². The molecule has 2 unspecified atom stereocenters. The lowest BCUT2D eigenvalue weighted by atomic mass is 9.79. The van der Waals surface area contributed by atoms with Gasteiger partial charge in [0.15, 0.2) is 0 Å². The third-order valence-corrected chi connectivity index (χ3v) is 7.63. The van der Waals surface area contributed by atoms with Crippen LogP contribution < -0.4 is 14.8 Å². The molecule has 0 spiro atoms. The van der Waals surface area contributed by atoms with Crippen molar-refractivity contribution < 1.29 is 23.8 Å². The molecule has 3 aromatic rings. The van der Waals surface area contributed by atoms with Crippen LogP contribution in [0.5, 0.6) is 11.5 Å². The van der Waals surface area contributed by atoms with E-state index in [0.717, 1.165) is 35.5 Å². The molecule has 2 atom stereocenters. The minimum absolute atomic E-state index is 0.0695. The summed E-state index contributed by atoms with van der Waals surface area (Å²) in [6.45, 7) is 8.67. The van der Waals surface area contributed by atoms with E-state index in [1.807, 2.05) is 85.5 Å². The normalized spacial score (nSPS) is 19.2. The molecule has 2 aliphatic heterocycles. The molecule has 2 amide bonds. The molecule has 1 fully saturated rings. The first-order chi connectivity index (χ1) is 19.5. The number of benzene rings is 3. The summed E-state index contributed by atoms with van der Waals surface area (Å²) in [4.78, 5) is 32.5. The van der Waals surface area contributed by atoms with Gasteiger partial charge in [0, 0.05) is 31.7 Å². The van der Waals surface area contributed by atoms with E-state index >= 15 is 0 Å². The molecule has 5 rings (SSSR count). The van der Waals surface area contributed by atoms with Crippen LogP contribution in [0.25, 0.3) is 0 Å². The second-order valence-corrected chi connectivity index (χ2v) is 10.2. The Morgan fingerprint density at radius 3 is 2.50 bits per heavy atom. The van der Waals surface area contributed by atoms with Crippen LogP contribution in [0.2, 0.25) is 0 Å². The predicted octanol–water partition coefficient (Wildman–Crippen LogP) is 4.65. The van der Waals surface area contributed by atoms with Crippen molar-refractivity contribution in [2.24, 2.45) is 0 Å². The molecule has 0 aromatic heterocycles. The first-order valence-electron chi connectivity index (χ1n) is 13.9. The summed E-state index contributed by atoms with van der Waals surface area (Å²) >= 11 is 0. The number of aryl methyl sites for hydroxylation is 1. The fraction of sp³-hybridized carbons (Fsp3) is 0.375. The Morgan fingerprint density at radius 2 is 1.77 bits per heavy atom. The van der Waals surface area contributed by atoms with Crippen molar-refractivity contribution in [3.63, 3.8) is 0 Å². The van der Waals surface area contributed by atoms with Gasteiger partial charge in [0.25, 0.3) is 5.91 Å². The second kappa shape index (κ2) is 12.5. The van der Waals surface area contributed by atoms with Gasteiger partial charge in [-0.3, -0.25) is 14.5 Å². The monoisotopic (exact) mass is 543 g/mol. The van der Waals surface area contributed by atoms with Crippen LogP contribution in [0.15, 0.2) is 66.7 Å². The number of nitrogens with one attached hydrogen (secondary N) is 1. The molecule has 2 heterocycles. The van der Waals surface area contributed by atoms with Crippen LogP contribution in [0, 0.1) is 6.92 Å². The minimum Gasteiger partial charge on any atom is -0.495 e. The quantitative estimate of drug-likeness (QED) is 0.423. The number of methoxy groups -OCH3 is 1. The smallest absolute Gasteiger partial charge is 0.254 e. The molecule has 0 radical (unpaired) electrons. The van der Waals surface area contributed by atoms with Crippen molar-refractivity contribution in [3.05, 3.63) is 89.0 Å². The Bertz CT molecular complexity index is 1340. The molecule has 0 aliphatic carbocycles. The van der Waals surface area contributed by atoms with Crippen molar-refractivity contribution in [2.45, 2.75) is 25.8 Å². The zero-order valence-electron chi connectivity index (χ0n) is 23.4. The first-order valence-corrected chi connectivity index (χ1v) is 13.9. The third-order valence-electron chi connectivity index (χ3n) is 7.63. The lowest BCUT2D eigenvalue weighted by molar-refractivity contribution is -0.119. The van der Waals surface area contributed by atoms with Gasteiger partial charge in [0.05, 0.1) is 44.6 Å². The van der Waals surface area contributed by atoms with Crippen molar-refractivity contribution in [3.8, 4) is 11.5 Å². The van der Waals surface area contributed by atoms with E-state index in [2.05, 4.69) is 10.2 Å². The second-order valence-electron chi connectivity index (χ2n) is 10.2. The number of anilines is 1. The van der Waals surface area contributed by atoms with Crippen LogP contribution in [-0.2, 0) is 9.53 Å². The highest BCUT2D eigenvalue weighted by Crippen LogP contribution is 2.44. The highest BCUT2D eigenvalue weighted by atomic mass is 16.5. The highest BCUT2D eigenvalue weighted by molar-refractivity contribution is 6.04. The van der Waals surface area contributed by atoms with Gasteiger partial charge in [0.2, 0.25) is 5.91 Å². The number of carbonyl (C=O) groups excluding carboxylic acids is 2. The van der Waals surface area contributed by atoms with E-state index in [9.17, 15) is 9.59 Å². The number of nitrogens with zero attached hydrogens (tertiary/aromatic N) is 2. The number of fused-ring (bicyclic) bond motifs is 1. The van der Waals surface area contributed by atoms with Gasteiger partial charge in [-0.1, -0.05) is 36.4 Å². The van der Waals surface area contributed by atoms with E-state index in [0.29, 0.717) is 49.9 Å². The summed E-state index contributed by atoms with van der Waals surface area (Å²) < 4.78 is 16.7. The topological polar surface area (TPSA) is 80.3 Å². The van der Waals surface area contributed by atoms with Crippen LogP contribution in [0.4, 0.5) is 5.69 Å². The Labute approximate surface area is 235 Å². The Hall–Kier alpha value is -3.88. The molecule has 8 heteroatoms. The third kappa shape index (κ3) is 5.83. The van der Waals surface area contributed by atoms with Gasteiger partial charge < -0.3 is 24.4 Å². The summed E-state index contributed by atoms with van der Waals surface area (Å²) in [7, 11) is 1.59. The van der Waals surface area contributed by atoms with E-state index < -0.39 is 12.0 Å². The van der Waals surface area contributed by atoms with Crippen molar-refractivity contribution in [1.29, 1.82) is 0 Å². The van der Waals surface area contributed by atoms with Gasteiger partial charge in [-0.2, -0.15) is 0 Å². The van der Waals surface area contributed by atoms with E-state index in [1.165, 1.54) is 0 Å². The van der Waals surface area contributed by atoms with Crippen LogP contribution in [0.1, 0.15) is 45.9 Å². The SMILES string of the molecule is CCOc1ccc(C2C(C(=O)Nc3cc(C)ccc3OC)c3ccccc3C(=O)N2CCN2CCOCC2)cc1. The largest absolute Gasteiger partial charge is 0.495 e. The number of ether oxygens (including phenoxy) is 3. The molecule has 40 heavy (non-hydrogen) atoms. The number of amides is 2. The van der Waals surface area contributed by atoms with Gasteiger partial charge in [-0.15, -0.1) is 0 Å². The highest BCUT2D eigenvalue weighted by Gasteiger charge is 2.44. The fourth-order valence-corrected chi connectivity index (χ4v) is 5.62. The van der Waals surface area contributed by atoms with Gasteiger partial charge in [-0.05, 0) is 60.9 Å². The van der Waals surface area contributed by atoms with Crippen LogP contribution in [0.3, 0.4) is 0 Å². The summed E-state index contributed by atoms with van der Waals surface area (Å²) in [6, 6.07) is 20.4. The summed E-state index contributed by atoms with van der Waals surface area (Å²) in [6.07, 6.45) is 0. The molecule has 1 N–H and O–H groups in total. The number of hydrogen-bond donors (Lipinski definition) is 1. The molecule has 0 bridgehead atoms. The Balaban J connectivity index is 1.56. The maximum absolute atomic E-state index is 14.3. The number of rotatable bonds is 9. The number of hydrogen-bond acceptors (Lipinski definition) is 6. The van der Waals surface area contributed by atoms with Crippen LogP contribution in [-0.4, -0.2) is 74.7 Å². The zero-order valence-corrected chi connectivity index (χ0v) is 23.4. The molecular weight excluding hydrogens is 506 g/mol. The zero-order chi connectivity index (χ0) is 28.1. The Kier molecular flexibility index (Phi) is 8.67. The lowest BCUT2D eigenvalue weighted by Crippen LogP contribution is -2.49. The average Bonchev–Trinajstić information content (AvgIpc) is 2.98. The van der Waals surface area contributed by atoms with Crippen molar-refractivity contribution in [2.75, 3.05) is 58.4 Å². The summed E-state index contributed by atoms with van der Waals surface area (Å²) in [5, 5.41) is 3.13. The first kappa shape index (κ1) is 27.7. The molecule has 1 saturated heterocycles. The minimum atomic E-state index is -0.637. The van der Waals surface area contributed by atoms with Gasteiger partial charge in [0.1, 0.15) is 11.5 Å². The molecule has 210 valence electrons.